The van der Waals surface area contributed by atoms with Gasteiger partial charge in [0.25, 0.3) is 0 Å². The minimum Gasteiger partial charge on any atom is -0.385 e. The molecule has 0 bridgehead atoms. The number of hydrogen-bond acceptors (Lipinski definition) is 4. The number of esters is 2. The van der Waals surface area contributed by atoms with Gasteiger partial charge in [-0.3, -0.25) is 0 Å². The molecule has 1 rings (SSSR count). The predicted octanol–water partition coefficient (Wildman–Crippen LogP) is 1.63. The summed E-state index contributed by atoms with van der Waals surface area (Å²) in [5.74, 6) is -4.02. The Morgan fingerprint density at radius 1 is 1.22 bits per heavy atom. The van der Waals surface area contributed by atoms with Crippen LogP contribution in [0.4, 0.5) is 13.2 Å². The van der Waals surface area contributed by atoms with Gasteiger partial charge in [0, 0.05) is 0 Å². The van der Waals surface area contributed by atoms with E-state index >= 15 is 0 Å². The van der Waals surface area contributed by atoms with E-state index in [9.17, 15) is 22.8 Å². The molecule has 1 aromatic rings. The highest BCUT2D eigenvalue weighted by Crippen LogP contribution is 2.19. The Morgan fingerprint density at radius 3 is 2.17 bits per heavy atom. The molecular weight excluding hydrogens is 251 g/mol. The molecule has 0 amide bonds. The maximum atomic E-state index is 11.9. The molecule has 18 heavy (non-hydrogen) atoms. The SMILES string of the molecule is Cc1ccc(C(N)C(=O)OC(=O)C(F)(F)F)cc1. The van der Waals surface area contributed by atoms with Gasteiger partial charge < -0.3 is 10.5 Å². The van der Waals surface area contributed by atoms with Crippen LogP contribution in [0.1, 0.15) is 17.2 Å². The molecule has 4 nitrogen and oxygen atoms in total. The molecule has 0 heterocycles. The topological polar surface area (TPSA) is 69.4 Å². The number of rotatable bonds is 2. The normalized spacial score (nSPS) is 12.9. The van der Waals surface area contributed by atoms with Gasteiger partial charge in [0.05, 0.1) is 0 Å². The van der Waals surface area contributed by atoms with E-state index in [0.717, 1.165) is 5.56 Å². The Labute approximate surface area is 101 Å². The maximum Gasteiger partial charge on any atom is 0.491 e. The predicted molar refractivity (Wildman–Crippen MR) is 55.3 cm³/mol. The number of benzene rings is 1. The third kappa shape index (κ3) is 3.56. The lowest BCUT2D eigenvalue weighted by Gasteiger charge is -2.11. The molecule has 0 aliphatic carbocycles. The van der Waals surface area contributed by atoms with Crippen LogP contribution in [0.2, 0.25) is 0 Å². The van der Waals surface area contributed by atoms with E-state index in [1.54, 1.807) is 19.1 Å². The highest BCUT2D eigenvalue weighted by molar-refractivity contribution is 5.91. The summed E-state index contributed by atoms with van der Waals surface area (Å²) in [5.41, 5.74) is 6.54. The summed E-state index contributed by atoms with van der Waals surface area (Å²) in [4.78, 5) is 21.7. The van der Waals surface area contributed by atoms with Gasteiger partial charge in [-0.1, -0.05) is 29.8 Å². The Morgan fingerprint density at radius 2 is 1.72 bits per heavy atom. The highest BCUT2D eigenvalue weighted by Gasteiger charge is 2.43. The molecule has 7 heteroatoms. The quantitative estimate of drug-likeness (QED) is 0.649. The molecule has 1 atom stereocenters. The Bertz CT molecular complexity index is 454. The first kappa shape index (κ1) is 14.2. The van der Waals surface area contributed by atoms with Gasteiger partial charge in [0.1, 0.15) is 6.04 Å². The molecule has 0 aromatic heterocycles. The van der Waals surface area contributed by atoms with E-state index in [1.807, 2.05) is 0 Å². The second-order valence-electron chi connectivity index (χ2n) is 3.59. The molecule has 1 unspecified atom stereocenters. The smallest absolute Gasteiger partial charge is 0.385 e. The maximum absolute atomic E-state index is 11.9. The third-order valence-electron chi connectivity index (χ3n) is 2.12. The first-order valence-corrected chi connectivity index (χ1v) is 4.87. The fourth-order valence-electron chi connectivity index (χ4n) is 1.12. The number of halogens is 3. The minimum absolute atomic E-state index is 0.264. The first-order valence-electron chi connectivity index (χ1n) is 4.87. The van der Waals surface area contributed by atoms with Crippen molar-refractivity contribution in [3.05, 3.63) is 35.4 Å². The van der Waals surface area contributed by atoms with Gasteiger partial charge in [0.2, 0.25) is 0 Å². The van der Waals surface area contributed by atoms with Crippen molar-refractivity contribution in [2.24, 2.45) is 5.73 Å². The molecule has 1 aromatic carbocycles. The number of carbonyl (C=O) groups excluding carboxylic acids is 2. The largest absolute Gasteiger partial charge is 0.491 e. The Balaban J connectivity index is 2.73. The van der Waals surface area contributed by atoms with Crippen molar-refractivity contribution in [3.8, 4) is 0 Å². The van der Waals surface area contributed by atoms with Crippen LogP contribution < -0.4 is 5.73 Å². The summed E-state index contributed by atoms with van der Waals surface area (Å²) < 4.78 is 39.2. The molecule has 0 fully saturated rings. The molecule has 0 saturated carbocycles. The number of aryl methyl sites for hydroxylation is 1. The summed E-state index contributed by atoms with van der Waals surface area (Å²) in [6.07, 6.45) is -5.22. The van der Waals surface area contributed by atoms with E-state index in [-0.39, 0.29) is 5.56 Å². The molecular formula is C11H10F3NO3. The van der Waals surface area contributed by atoms with Gasteiger partial charge in [0.15, 0.2) is 0 Å². The molecule has 98 valence electrons. The van der Waals surface area contributed by atoms with Crippen molar-refractivity contribution in [2.45, 2.75) is 19.1 Å². The zero-order valence-corrected chi connectivity index (χ0v) is 9.32. The van der Waals surface area contributed by atoms with Crippen LogP contribution in [-0.4, -0.2) is 18.1 Å². The van der Waals surface area contributed by atoms with Crippen molar-refractivity contribution in [2.75, 3.05) is 0 Å². The standard InChI is InChI=1S/C11H10F3NO3/c1-6-2-4-7(5-3-6)8(15)9(16)18-10(17)11(12,13)14/h2-5,8H,15H2,1H3. The Hall–Kier alpha value is -1.89. The lowest BCUT2D eigenvalue weighted by Crippen LogP contribution is -2.32. The van der Waals surface area contributed by atoms with Crippen LogP contribution in [0.15, 0.2) is 24.3 Å². The van der Waals surface area contributed by atoms with Crippen molar-refractivity contribution in [3.63, 3.8) is 0 Å². The van der Waals surface area contributed by atoms with Crippen molar-refractivity contribution >= 4 is 11.9 Å². The second-order valence-corrected chi connectivity index (χ2v) is 3.59. The molecule has 0 aliphatic rings. The van der Waals surface area contributed by atoms with Crippen molar-refractivity contribution in [1.82, 2.24) is 0 Å². The molecule has 0 spiro atoms. The van der Waals surface area contributed by atoms with E-state index in [1.165, 1.54) is 12.1 Å². The lowest BCUT2D eigenvalue weighted by molar-refractivity contribution is -0.202. The molecule has 2 N–H and O–H groups in total. The van der Waals surface area contributed by atoms with E-state index in [2.05, 4.69) is 4.74 Å². The fourth-order valence-corrected chi connectivity index (χ4v) is 1.12. The summed E-state index contributed by atoms with van der Waals surface area (Å²) >= 11 is 0. The van der Waals surface area contributed by atoms with Crippen LogP contribution >= 0.6 is 0 Å². The zero-order chi connectivity index (χ0) is 13.9. The number of carbonyl (C=O) groups is 2. The van der Waals surface area contributed by atoms with Gasteiger partial charge in [-0.05, 0) is 12.5 Å². The fraction of sp³-hybridized carbons (Fsp3) is 0.273. The van der Waals surface area contributed by atoms with Crippen LogP contribution in [-0.2, 0) is 14.3 Å². The third-order valence-corrected chi connectivity index (χ3v) is 2.12. The molecule has 0 radical (unpaired) electrons. The summed E-state index contributed by atoms with van der Waals surface area (Å²) in [6.45, 7) is 1.79. The van der Waals surface area contributed by atoms with Gasteiger partial charge in [-0.2, -0.15) is 13.2 Å². The van der Waals surface area contributed by atoms with Gasteiger partial charge >= 0.3 is 18.1 Å². The van der Waals surface area contributed by atoms with Crippen molar-refractivity contribution < 1.29 is 27.5 Å². The lowest BCUT2D eigenvalue weighted by atomic mass is 10.1. The van der Waals surface area contributed by atoms with Crippen LogP contribution in [0.5, 0.6) is 0 Å². The number of alkyl halides is 3. The summed E-state index contributed by atoms with van der Waals surface area (Å²) in [7, 11) is 0. The minimum atomic E-state index is -5.22. The average Bonchev–Trinajstić information content (AvgIpc) is 2.27. The molecule has 0 saturated heterocycles. The highest BCUT2D eigenvalue weighted by atomic mass is 19.4. The van der Waals surface area contributed by atoms with Crippen LogP contribution in [0.25, 0.3) is 0 Å². The van der Waals surface area contributed by atoms with Crippen LogP contribution in [0.3, 0.4) is 0 Å². The molecule has 0 aliphatic heterocycles. The summed E-state index contributed by atoms with van der Waals surface area (Å²) in [5, 5.41) is 0. The first-order chi connectivity index (χ1) is 8.21. The number of ether oxygens (including phenoxy) is 1. The van der Waals surface area contributed by atoms with Gasteiger partial charge in [-0.15, -0.1) is 0 Å². The van der Waals surface area contributed by atoms with Crippen molar-refractivity contribution in [1.29, 1.82) is 0 Å². The van der Waals surface area contributed by atoms with E-state index in [0.29, 0.717) is 0 Å². The van der Waals surface area contributed by atoms with Crippen LogP contribution in [0, 0.1) is 6.92 Å². The second kappa shape index (κ2) is 5.18. The van der Waals surface area contributed by atoms with E-state index in [4.69, 9.17) is 5.73 Å². The van der Waals surface area contributed by atoms with E-state index < -0.39 is 24.2 Å². The zero-order valence-electron chi connectivity index (χ0n) is 9.32. The number of nitrogens with two attached hydrogens (primary N) is 1. The number of hydrogen-bond donors (Lipinski definition) is 1. The van der Waals surface area contributed by atoms with Gasteiger partial charge in [-0.25, -0.2) is 9.59 Å². The average molecular weight is 261 g/mol. The Kier molecular flexibility index (Phi) is 4.07. The monoisotopic (exact) mass is 261 g/mol. The summed E-state index contributed by atoms with van der Waals surface area (Å²) in [6, 6.07) is 4.78.